The fourth-order valence-electron chi connectivity index (χ4n) is 1.87. The van der Waals surface area contributed by atoms with E-state index < -0.39 is 4.92 Å². The quantitative estimate of drug-likeness (QED) is 0.648. The summed E-state index contributed by atoms with van der Waals surface area (Å²) < 4.78 is 5.68. The van der Waals surface area contributed by atoms with Crippen LogP contribution in [-0.2, 0) is 13.0 Å². The van der Waals surface area contributed by atoms with Crippen LogP contribution in [0.3, 0.4) is 0 Å². The van der Waals surface area contributed by atoms with Crippen LogP contribution in [0.5, 0.6) is 5.75 Å². The van der Waals surface area contributed by atoms with Crippen molar-refractivity contribution < 1.29 is 14.8 Å². The molecule has 0 saturated carbocycles. The molecule has 0 aliphatic carbocycles. The first-order valence-electron chi connectivity index (χ1n) is 6.25. The SMILES string of the molecule is O=[N+]([O-])c1ccc(OCc2ccccc2)c(CCO)c1. The van der Waals surface area contributed by atoms with Crippen LogP contribution in [-0.4, -0.2) is 16.6 Å². The Morgan fingerprint density at radius 3 is 2.55 bits per heavy atom. The van der Waals surface area contributed by atoms with E-state index in [1.54, 1.807) is 6.07 Å². The maximum atomic E-state index is 10.8. The van der Waals surface area contributed by atoms with Crippen LogP contribution in [0.1, 0.15) is 11.1 Å². The normalized spacial score (nSPS) is 10.2. The maximum absolute atomic E-state index is 10.8. The highest BCUT2D eigenvalue weighted by molar-refractivity contribution is 5.44. The third kappa shape index (κ3) is 3.55. The first-order valence-corrected chi connectivity index (χ1v) is 6.25. The fourth-order valence-corrected chi connectivity index (χ4v) is 1.87. The van der Waals surface area contributed by atoms with Gasteiger partial charge in [0.05, 0.1) is 4.92 Å². The number of non-ortho nitro benzene ring substituents is 1. The monoisotopic (exact) mass is 273 g/mol. The minimum absolute atomic E-state index is 0.000473. The highest BCUT2D eigenvalue weighted by atomic mass is 16.6. The van der Waals surface area contributed by atoms with Crippen molar-refractivity contribution in [2.45, 2.75) is 13.0 Å². The van der Waals surface area contributed by atoms with Crippen LogP contribution in [0.2, 0.25) is 0 Å². The van der Waals surface area contributed by atoms with E-state index in [4.69, 9.17) is 9.84 Å². The zero-order valence-electron chi connectivity index (χ0n) is 10.9. The van der Waals surface area contributed by atoms with Gasteiger partial charge in [0.2, 0.25) is 0 Å². The van der Waals surface area contributed by atoms with Crippen molar-refractivity contribution in [1.29, 1.82) is 0 Å². The van der Waals surface area contributed by atoms with E-state index >= 15 is 0 Å². The lowest BCUT2D eigenvalue weighted by Crippen LogP contribution is -2.01. The lowest BCUT2D eigenvalue weighted by atomic mass is 10.1. The molecule has 1 N–H and O–H groups in total. The van der Waals surface area contributed by atoms with E-state index in [0.29, 0.717) is 24.3 Å². The standard InChI is InChI=1S/C15H15NO4/c17-9-8-13-10-14(16(18)19)6-7-15(13)20-11-12-4-2-1-3-5-12/h1-7,10,17H,8-9,11H2. The first kappa shape index (κ1) is 14.0. The van der Waals surface area contributed by atoms with Gasteiger partial charge in [-0.25, -0.2) is 0 Å². The van der Waals surface area contributed by atoms with Gasteiger partial charge in [-0.1, -0.05) is 30.3 Å². The van der Waals surface area contributed by atoms with Crippen molar-refractivity contribution in [3.05, 3.63) is 69.8 Å². The second-order valence-corrected chi connectivity index (χ2v) is 4.30. The van der Waals surface area contributed by atoms with Gasteiger partial charge in [-0.15, -0.1) is 0 Å². The molecule has 5 nitrogen and oxygen atoms in total. The zero-order valence-corrected chi connectivity index (χ0v) is 10.9. The van der Waals surface area contributed by atoms with Gasteiger partial charge in [-0.3, -0.25) is 10.1 Å². The maximum Gasteiger partial charge on any atom is 0.269 e. The number of rotatable bonds is 6. The van der Waals surface area contributed by atoms with Gasteiger partial charge in [0.15, 0.2) is 0 Å². The molecule has 0 aliphatic heterocycles. The number of hydrogen-bond donors (Lipinski definition) is 1. The number of hydrogen-bond acceptors (Lipinski definition) is 4. The smallest absolute Gasteiger partial charge is 0.269 e. The number of ether oxygens (including phenoxy) is 1. The van der Waals surface area contributed by atoms with Crippen molar-refractivity contribution in [3.63, 3.8) is 0 Å². The number of nitro groups is 1. The molecule has 2 rings (SSSR count). The van der Waals surface area contributed by atoms with Gasteiger partial charge in [-0.05, 0) is 18.1 Å². The van der Waals surface area contributed by atoms with Crippen molar-refractivity contribution in [3.8, 4) is 5.75 Å². The molecule has 104 valence electrons. The van der Waals surface area contributed by atoms with Crippen LogP contribution < -0.4 is 4.74 Å². The van der Waals surface area contributed by atoms with Crippen LogP contribution in [0.4, 0.5) is 5.69 Å². The van der Waals surface area contributed by atoms with E-state index in [2.05, 4.69) is 0 Å². The van der Waals surface area contributed by atoms with Crippen LogP contribution >= 0.6 is 0 Å². The van der Waals surface area contributed by atoms with Crippen LogP contribution in [0, 0.1) is 10.1 Å². The van der Waals surface area contributed by atoms with Crippen molar-refractivity contribution in [1.82, 2.24) is 0 Å². The van der Waals surface area contributed by atoms with Gasteiger partial charge in [-0.2, -0.15) is 0 Å². The largest absolute Gasteiger partial charge is 0.489 e. The lowest BCUT2D eigenvalue weighted by molar-refractivity contribution is -0.384. The molecular formula is C15H15NO4. The Morgan fingerprint density at radius 2 is 1.90 bits per heavy atom. The first-order chi connectivity index (χ1) is 9.70. The molecule has 0 amide bonds. The second-order valence-electron chi connectivity index (χ2n) is 4.30. The molecule has 0 heterocycles. The summed E-state index contributed by atoms with van der Waals surface area (Å²) in [7, 11) is 0. The van der Waals surface area contributed by atoms with E-state index in [-0.39, 0.29) is 12.3 Å². The predicted molar refractivity (Wildman–Crippen MR) is 74.7 cm³/mol. The Labute approximate surface area is 116 Å². The van der Waals surface area contributed by atoms with Gasteiger partial charge in [0.25, 0.3) is 5.69 Å². The molecule has 0 aliphatic rings. The number of nitrogens with zero attached hydrogens (tertiary/aromatic N) is 1. The average molecular weight is 273 g/mol. The second kappa shape index (κ2) is 6.68. The minimum atomic E-state index is -0.456. The van der Waals surface area contributed by atoms with Gasteiger partial charge in [0.1, 0.15) is 12.4 Å². The summed E-state index contributed by atoms with van der Waals surface area (Å²) in [5.41, 5.74) is 1.65. The molecule has 5 heteroatoms. The molecule has 0 bridgehead atoms. The topological polar surface area (TPSA) is 72.6 Å². The Hall–Kier alpha value is -2.40. The summed E-state index contributed by atoms with van der Waals surface area (Å²) in [5, 5.41) is 19.8. The molecule has 0 aromatic heterocycles. The lowest BCUT2D eigenvalue weighted by Gasteiger charge is -2.10. The molecule has 2 aromatic rings. The van der Waals surface area contributed by atoms with Gasteiger partial charge >= 0.3 is 0 Å². The molecular weight excluding hydrogens is 258 g/mol. The molecule has 0 spiro atoms. The minimum Gasteiger partial charge on any atom is -0.489 e. The molecule has 2 aromatic carbocycles. The molecule has 0 radical (unpaired) electrons. The van der Waals surface area contributed by atoms with Gasteiger partial charge in [0, 0.05) is 24.3 Å². The fraction of sp³-hybridized carbons (Fsp3) is 0.200. The molecule has 0 unspecified atom stereocenters. The summed E-state index contributed by atoms with van der Waals surface area (Å²) in [6.07, 6.45) is 0.325. The third-order valence-corrected chi connectivity index (χ3v) is 2.87. The highest BCUT2D eigenvalue weighted by Crippen LogP contribution is 2.25. The van der Waals surface area contributed by atoms with Crippen LogP contribution in [0.25, 0.3) is 0 Å². The van der Waals surface area contributed by atoms with Crippen molar-refractivity contribution >= 4 is 5.69 Å². The van der Waals surface area contributed by atoms with E-state index in [1.165, 1.54) is 12.1 Å². The van der Waals surface area contributed by atoms with Crippen molar-refractivity contribution in [2.75, 3.05) is 6.61 Å². The van der Waals surface area contributed by atoms with Crippen LogP contribution in [0.15, 0.2) is 48.5 Å². The Kier molecular flexibility index (Phi) is 4.68. The van der Waals surface area contributed by atoms with Crippen molar-refractivity contribution in [2.24, 2.45) is 0 Å². The summed E-state index contributed by atoms with van der Waals surface area (Å²) in [5.74, 6) is 0.563. The number of benzene rings is 2. The third-order valence-electron chi connectivity index (χ3n) is 2.87. The van der Waals surface area contributed by atoms with Gasteiger partial charge < -0.3 is 9.84 Å². The molecule has 0 saturated heterocycles. The Bertz CT molecular complexity index is 584. The van der Waals surface area contributed by atoms with E-state index in [1.807, 2.05) is 30.3 Å². The number of aliphatic hydroxyl groups is 1. The number of nitro benzene ring substituents is 1. The summed E-state index contributed by atoms with van der Waals surface area (Å²) in [6.45, 7) is 0.306. The van der Waals surface area contributed by atoms with E-state index in [9.17, 15) is 10.1 Å². The number of aliphatic hydroxyl groups excluding tert-OH is 1. The zero-order chi connectivity index (χ0) is 14.4. The summed E-state index contributed by atoms with van der Waals surface area (Å²) >= 11 is 0. The predicted octanol–water partition coefficient (Wildman–Crippen LogP) is 2.71. The Balaban J connectivity index is 2.16. The Morgan fingerprint density at radius 1 is 1.15 bits per heavy atom. The van der Waals surface area contributed by atoms with E-state index in [0.717, 1.165) is 5.56 Å². The molecule has 20 heavy (non-hydrogen) atoms. The summed E-state index contributed by atoms with van der Waals surface area (Å²) in [6, 6.07) is 14.1. The highest BCUT2D eigenvalue weighted by Gasteiger charge is 2.11. The molecule has 0 fully saturated rings. The average Bonchev–Trinajstić information content (AvgIpc) is 2.47. The summed E-state index contributed by atoms with van der Waals surface area (Å²) in [4.78, 5) is 10.3. The molecule has 0 atom stereocenters.